The minimum absolute atomic E-state index is 0.0599. The Labute approximate surface area is 181 Å². The molecular weight excluding hydrogens is 461 g/mol. The van der Waals surface area contributed by atoms with Crippen LogP contribution >= 0.6 is 31.5 Å². The zero-order valence-corrected chi connectivity index (χ0v) is 18.0. The van der Waals surface area contributed by atoms with E-state index in [1.165, 1.54) is 17.7 Å². The Morgan fingerprint density at radius 3 is 1.75 bits per heavy atom. The van der Waals surface area contributed by atoms with E-state index in [2.05, 4.69) is 9.98 Å². The molecule has 0 atom stereocenters. The van der Waals surface area contributed by atoms with E-state index in [1.807, 2.05) is 49.5 Å². The Bertz CT molecular complexity index is 958. The molecule has 0 spiro atoms. The van der Waals surface area contributed by atoms with Crippen LogP contribution in [0.25, 0.3) is 0 Å². The molecule has 9 heteroatoms. The molecule has 0 saturated carbocycles. The molecule has 0 saturated heterocycles. The summed E-state index contributed by atoms with van der Waals surface area (Å²) in [5, 5.41) is 10.6. The molecule has 3 rings (SSSR count). The van der Waals surface area contributed by atoms with Crippen LogP contribution in [0, 0.1) is 17.0 Å². The second-order valence-corrected chi connectivity index (χ2v) is 8.39. The second kappa shape index (κ2) is 11.7. The Balaban J connectivity index is 0.000000878. The van der Waals surface area contributed by atoms with Gasteiger partial charge in [-0.25, -0.2) is 0 Å². The van der Waals surface area contributed by atoms with E-state index < -0.39 is 4.92 Å². The number of nitro benzene ring substituents is 1. The van der Waals surface area contributed by atoms with Crippen molar-refractivity contribution in [3.05, 3.63) is 86.1 Å². The van der Waals surface area contributed by atoms with Gasteiger partial charge in [-0.05, 0) is 43.3 Å². The average molecular weight is 476 g/mol. The number of hydrogen-bond acceptors (Lipinski definition) is 5. The average Bonchev–Trinajstić information content (AvgIpc) is 3.15. The van der Waals surface area contributed by atoms with Crippen molar-refractivity contribution < 1.29 is 18.1 Å². The molecule has 2 aromatic carbocycles. The summed E-state index contributed by atoms with van der Waals surface area (Å²) in [6, 6.07) is 18.1. The third-order valence-electron chi connectivity index (χ3n) is 3.42. The standard InChI is InChI=1S/C19H15N3O2S.2ClH.Fe/c1-14-2-4-15(5-3-14)20-12-18-10-11-19(25-18)13-21-16-6-8-17(9-7-16)22(23)24;;;/h2-13H,1H3;2*1H;/q;;;+2/p-2. The van der Waals surface area contributed by atoms with Gasteiger partial charge in [-0.3, -0.25) is 20.1 Å². The first-order valence-corrected chi connectivity index (χ1v) is 11.7. The fourth-order valence-electron chi connectivity index (χ4n) is 2.07. The molecule has 5 nitrogen and oxygen atoms in total. The summed E-state index contributed by atoms with van der Waals surface area (Å²) in [4.78, 5) is 21.0. The van der Waals surface area contributed by atoms with E-state index in [1.54, 1.807) is 29.7 Å². The molecule has 0 bridgehead atoms. The van der Waals surface area contributed by atoms with Gasteiger partial charge in [0.2, 0.25) is 0 Å². The number of nitro groups is 1. The molecule has 0 aliphatic heterocycles. The van der Waals surface area contributed by atoms with E-state index >= 15 is 0 Å². The number of nitrogens with zero attached hydrogens (tertiary/aromatic N) is 3. The summed E-state index contributed by atoms with van der Waals surface area (Å²) in [5.74, 6) is 0. The first-order chi connectivity index (χ1) is 13.5. The van der Waals surface area contributed by atoms with Crippen LogP contribution in [-0.4, -0.2) is 17.4 Å². The normalized spacial score (nSPS) is 11.0. The molecule has 0 amide bonds. The summed E-state index contributed by atoms with van der Waals surface area (Å²) >= 11 is 1.77. The van der Waals surface area contributed by atoms with Gasteiger partial charge in [-0.15, -0.1) is 11.3 Å². The van der Waals surface area contributed by atoms with Gasteiger partial charge in [0, 0.05) is 34.3 Å². The molecule has 0 N–H and O–H groups in total. The number of benzene rings is 2. The van der Waals surface area contributed by atoms with Gasteiger partial charge in [0.15, 0.2) is 0 Å². The van der Waals surface area contributed by atoms with Crippen molar-refractivity contribution in [3.63, 3.8) is 0 Å². The summed E-state index contributed by atoms with van der Waals surface area (Å²) < 4.78 is 0. The van der Waals surface area contributed by atoms with E-state index in [9.17, 15) is 10.1 Å². The first kappa shape index (κ1) is 22.3. The SMILES string of the molecule is Cc1ccc(N=Cc2ccc(C=Nc3ccc([N+](=O)[O-])cc3)s2)cc1.[Cl][Fe][Cl]. The maximum atomic E-state index is 10.6. The van der Waals surface area contributed by atoms with Crippen molar-refractivity contribution in [3.8, 4) is 0 Å². The first-order valence-electron chi connectivity index (χ1n) is 7.86. The molecule has 0 unspecified atom stereocenters. The monoisotopic (exact) mass is 475 g/mol. The van der Waals surface area contributed by atoms with E-state index in [-0.39, 0.29) is 18.8 Å². The molecule has 1 heterocycles. The maximum absolute atomic E-state index is 10.6. The van der Waals surface area contributed by atoms with Crippen molar-refractivity contribution in [2.24, 2.45) is 9.98 Å². The molecule has 1 aromatic heterocycles. The Hall–Kier alpha value is -2.02. The number of rotatable bonds is 5. The van der Waals surface area contributed by atoms with Gasteiger partial charge >= 0.3 is 33.3 Å². The van der Waals surface area contributed by atoms with Crippen molar-refractivity contribution in [1.82, 2.24) is 0 Å². The van der Waals surface area contributed by atoms with Crippen LogP contribution in [0.5, 0.6) is 0 Å². The Morgan fingerprint density at radius 1 is 0.893 bits per heavy atom. The molecule has 0 radical (unpaired) electrons. The molecular formula is C19H15Cl2FeN3O2S. The Morgan fingerprint density at radius 2 is 1.32 bits per heavy atom. The van der Waals surface area contributed by atoms with Gasteiger partial charge in [0.05, 0.1) is 16.3 Å². The number of aryl methyl sites for hydroxylation is 1. The third-order valence-corrected chi connectivity index (χ3v) is 4.38. The number of halogens is 2. The summed E-state index contributed by atoms with van der Waals surface area (Å²) in [6.07, 6.45) is 3.58. The van der Waals surface area contributed by atoms with Crippen molar-refractivity contribution in [2.75, 3.05) is 0 Å². The van der Waals surface area contributed by atoms with E-state index in [0.717, 1.165) is 15.4 Å². The third kappa shape index (κ3) is 7.54. The van der Waals surface area contributed by atoms with Gasteiger partial charge in [-0.2, -0.15) is 0 Å². The zero-order chi connectivity index (χ0) is 20.4. The van der Waals surface area contributed by atoms with Crippen molar-refractivity contribution in [2.45, 2.75) is 6.92 Å². The van der Waals surface area contributed by atoms with Crippen LogP contribution in [0.15, 0.2) is 70.6 Å². The molecule has 0 fully saturated rings. The van der Waals surface area contributed by atoms with Gasteiger partial charge in [0.25, 0.3) is 5.69 Å². The van der Waals surface area contributed by atoms with Gasteiger partial charge < -0.3 is 0 Å². The molecule has 3 aromatic rings. The fraction of sp³-hybridized carbons (Fsp3) is 0.0526. The second-order valence-electron chi connectivity index (χ2n) is 5.42. The van der Waals surface area contributed by atoms with Crippen molar-refractivity contribution in [1.29, 1.82) is 0 Å². The number of thiophene rings is 1. The molecule has 146 valence electrons. The zero-order valence-electron chi connectivity index (χ0n) is 14.6. The minimum atomic E-state index is -0.424. The van der Waals surface area contributed by atoms with Crippen LogP contribution < -0.4 is 0 Å². The number of aliphatic imine (C=N–C) groups is 2. The van der Waals surface area contributed by atoms with E-state index in [4.69, 9.17) is 20.2 Å². The van der Waals surface area contributed by atoms with Gasteiger partial charge in [-0.1, -0.05) is 17.7 Å². The summed E-state index contributed by atoms with van der Waals surface area (Å²) in [5.41, 5.74) is 2.86. The quantitative estimate of drug-likeness (QED) is 0.175. The topological polar surface area (TPSA) is 67.9 Å². The van der Waals surface area contributed by atoms with Crippen LogP contribution in [0.4, 0.5) is 17.1 Å². The molecule has 28 heavy (non-hydrogen) atoms. The number of hydrogen-bond donors (Lipinski definition) is 0. The van der Waals surface area contributed by atoms with Crippen LogP contribution in [0.2, 0.25) is 0 Å². The number of non-ortho nitro benzene ring substituents is 1. The van der Waals surface area contributed by atoms with Crippen LogP contribution in [-0.2, 0) is 13.1 Å². The van der Waals surface area contributed by atoms with Crippen molar-refractivity contribution >= 4 is 61.0 Å². The summed E-state index contributed by atoms with van der Waals surface area (Å²) in [6.45, 7) is 2.04. The predicted octanol–water partition coefficient (Wildman–Crippen LogP) is 6.84. The predicted molar refractivity (Wildman–Crippen MR) is 115 cm³/mol. The van der Waals surface area contributed by atoms with Crippen LogP contribution in [0.3, 0.4) is 0 Å². The van der Waals surface area contributed by atoms with Crippen LogP contribution in [0.1, 0.15) is 15.3 Å². The Kier molecular flexibility index (Phi) is 9.34. The molecule has 0 aliphatic rings. The summed E-state index contributed by atoms with van der Waals surface area (Å²) in [7, 11) is 9.53. The fourth-order valence-corrected chi connectivity index (χ4v) is 2.83. The molecule has 0 aliphatic carbocycles. The van der Waals surface area contributed by atoms with Gasteiger partial charge in [0.1, 0.15) is 0 Å². The van der Waals surface area contributed by atoms with E-state index in [0.29, 0.717) is 5.69 Å².